The highest BCUT2D eigenvalue weighted by Crippen LogP contribution is 2.37. The molecule has 3 aromatic carbocycles. The van der Waals surface area contributed by atoms with Gasteiger partial charge in [-0.15, -0.1) is 5.10 Å². The molecule has 39 heavy (non-hydrogen) atoms. The fourth-order valence-electron chi connectivity index (χ4n) is 3.67. The molecule has 11 nitrogen and oxygen atoms in total. The fraction of sp³-hybridized carbons (Fsp3) is 0.0769. The molecule has 0 atom stereocenters. The monoisotopic (exact) mass is 547 g/mol. The predicted octanol–water partition coefficient (Wildman–Crippen LogP) is 5.35. The molecule has 196 valence electrons. The summed E-state index contributed by atoms with van der Waals surface area (Å²) in [5.74, 6) is 0.199. The van der Waals surface area contributed by atoms with E-state index >= 15 is 0 Å². The first-order valence-corrected chi connectivity index (χ1v) is 12.2. The number of ether oxygens (including phenoxy) is 2. The molecule has 0 aliphatic carbocycles. The van der Waals surface area contributed by atoms with Crippen LogP contribution in [0.4, 0.5) is 14.9 Å². The summed E-state index contributed by atoms with van der Waals surface area (Å²) >= 11 is 0.791. The Balaban J connectivity index is 1.32. The molecule has 5 rings (SSSR count). The van der Waals surface area contributed by atoms with Crippen molar-refractivity contribution in [1.29, 1.82) is 0 Å². The minimum Gasteiger partial charge on any atom is -0.493 e. The smallest absolute Gasteiger partial charge is 0.293 e. The normalized spacial score (nSPS) is 14.2. The van der Waals surface area contributed by atoms with Gasteiger partial charge in [0.15, 0.2) is 11.5 Å². The summed E-state index contributed by atoms with van der Waals surface area (Å²) in [5, 5.41) is 18.4. The number of hydrogen-bond donors (Lipinski definition) is 0. The lowest BCUT2D eigenvalue weighted by Crippen LogP contribution is -2.27. The van der Waals surface area contributed by atoms with Gasteiger partial charge in [0, 0.05) is 12.1 Å². The molecule has 2 amide bonds. The second-order valence-corrected chi connectivity index (χ2v) is 9.16. The Kier molecular flexibility index (Phi) is 7.06. The van der Waals surface area contributed by atoms with E-state index in [-0.39, 0.29) is 23.0 Å². The molecule has 0 saturated carbocycles. The van der Waals surface area contributed by atoms with Crippen molar-refractivity contribution in [3.8, 4) is 22.9 Å². The number of non-ortho nitro benzene ring substituents is 1. The quantitative estimate of drug-likeness (QED) is 0.163. The Hall–Kier alpha value is -5.04. The van der Waals surface area contributed by atoms with Crippen molar-refractivity contribution in [2.24, 2.45) is 0 Å². The number of rotatable bonds is 8. The van der Waals surface area contributed by atoms with E-state index in [9.17, 15) is 24.1 Å². The molecule has 0 radical (unpaired) electrons. The minimum atomic E-state index is -0.508. The summed E-state index contributed by atoms with van der Waals surface area (Å²) < 4.78 is 25.8. The van der Waals surface area contributed by atoms with E-state index in [1.165, 1.54) is 60.3 Å². The average molecular weight is 548 g/mol. The number of methoxy groups -OCH3 is 1. The molecule has 1 aliphatic rings. The summed E-state index contributed by atoms with van der Waals surface area (Å²) in [7, 11) is 1.47. The molecule has 2 heterocycles. The lowest BCUT2D eigenvalue weighted by molar-refractivity contribution is -0.384. The molecule has 1 fully saturated rings. The number of nitro benzene ring substituents is 1. The van der Waals surface area contributed by atoms with Gasteiger partial charge in [-0.2, -0.15) is 0 Å². The Labute approximate surface area is 224 Å². The van der Waals surface area contributed by atoms with Gasteiger partial charge in [0.05, 0.1) is 35.4 Å². The van der Waals surface area contributed by atoms with Gasteiger partial charge in [0.1, 0.15) is 17.3 Å². The van der Waals surface area contributed by atoms with Crippen molar-refractivity contribution in [1.82, 2.24) is 19.9 Å². The van der Waals surface area contributed by atoms with Crippen molar-refractivity contribution in [3.63, 3.8) is 0 Å². The topological polar surface area (TPSA) is 130 Å². The third-order valence-electron chi connectivity index (χ3n) is 5.59. The first-order chi connectivity index (χ1) is 18.8. The van der Waals surface area contributed by atoms with E-state index in [2.05, 4.69) is 10.3 Å². The molecule has 1 saturated heterocycles. The number of carbonyl (C=O) groups is 2. The van der Waals surface area contributed by atoms with Gasteiger partial charge in [0.25, 0.3) is 16.8 Å². The van der Waals surface area contributed by atoms with E-state index in [0.717, 1.165) is 16.7 Å². The Morgan fingerprint density at radius 2 is 1.79 bits per heavy atom. The van der Waals surface area contributed by atoms with Crippen LogP contribution < -0.4 is 9.47 Å². The number of imide groups is 1. The average Bonchev–Trinajstić information content (AvgIpc) is 3.50. The van der Waals surface area contributed by atoms with Gasteiger partial charge in [-0.05, 0) is 71.9 Å². The van der Waals surface area contributed by atoms with E-state index in [1.807, 2.05) is 0 Å². The molecule has 0 bridgehead atoms. The van der Waals surface area contributed by atoms with Crippen LogP contribution in [0.25, 0.3) is 11.8 Å². The number of carbonyl (C=O) groups excluding carboxylic acids is 2. The summed E-state index contributed by atoms with van der Waals surface area (Å²) in [4.78, 5) is 37.3. The third kappa shape index (κ3) is 5.62. The molecule has 1 aliphatic heterocycles. The maximum Gasteiger partial charge on any atom is 0.293 e. The van der Waals surface area contributed by atoms with Crippen LogP contribution in [0.2, 0.25) is 0 Å². The van der Waals surface area contributed by atoms with Crippen LogP contribution in [0.5, 0.6) is 17.2 Å². The van der Waals surface area contributed by atoms with E-state index < -0.39 is 16.1 Å². The van der Waals surface area contributed by atoms with Crippen molar-refractivity contribution in [3.05, 3.63) is 105 Å². The zero-order valence-corrected chi connectivity index (χ0v) is 21.0. The Morgan fingerprint density at radius 3 is 2.49 bits per heavy atom. The van der Waals surface area contributed by atoms with E-state index in [1.54, 1.807) is 30.5 Å². The maximum absolute atomic E-state index is 13.2. The molecule has 0 N–H and O–H groups in total. The molecule has 4 aromatic rings. The number of benzene rings is 3. The Morgan fingerprint density at radius 1 is 1.05 bits per heavy atom. The molecule has 13 heteroatoms. The van der Waals surface area contributed by atoms with Crippen LogP contribution in [0.1, 0.15) is 11.3 Å². The predicted molar refractivity (Wildman–Crippen MR) is 139 cm³/mol. The third-order valence-corrected chi connectivity index (χ3v) is 6.49. The van der Waals surface area contributed by atoms with Gasteiger partial charge in [-0.1, -0.05) is 11.3 Å². The first-order valence-electron chi connectivity index (χ1n) is 11.3. The number of halogens is 1. The van der Waals surface area contributed by atoms with Crippen LogP contribution in [0.15, 0.2) is 77.8 Å². The standard InChI is InChI=1S/C26H18FN5O6S/c1-37-22-11-2-16(12-23(22)38-21-9-7-20(8-10-21)32(35)36)13-24-25(33)30(26(34)39-24)14-18-15-31(29-28-18)19-5-3-17(27)4-6-19/h2-13,15H,14H2,1H3/b24-13-. The molecule has 0 unspecified atom stereocenters. The molecule has 1 aromatic heterocycles. The highest BCUT2D eigenvalue weighted by Gasteiger charge is 2.35. The lowest BCUT2D eigenvalue weighted by atomic mass is 10.1. The highest BCUT2D eigenvalue weighted by molar-refractivity contribution is 8.18. The molecule has 0 spiro atoms. The number of nitrogens with zero attached hydrogens (tertiary/aromatic N) is 5. The molecular formula is C26H18FN5O6S. The largest absolute Gasteiger partial charge is 0.493 e. The summed E-state index contributed by atoms with van der Waals surface area (Å²) in [5.41, 5.74) is 1.46. The van der Waals surface area contributed by atoms with Crippen LogP contribution in [0, 0.1) is 15.9 Å². The number of amides is 2. The fourth-order valence-corrected chi connectivity index (χ4v) is 4.50. The van der Waals surface area contributed by atoms with E-state index in [4.69, 9.17) is 9.47 Å². The lowest BCUT2D eigenvalue weighted by Gasteiger charge is -2.11. The van der Waals surface area contributed by atoms with Crippen molar-refractivity contribution >= 4 is 34.7 Å². The minimum absolute atomic E-state index is 0.0724. The number of thioether (sulfide) groups is 1. The SMILES string of the molecule is COc1ccc(/C=C2\SC(=O)N(Cc3cn(-c4ccc(F)cc4)nn3)C2=O)cc1Oc1ccc([N+](=O)[O-])cc1. The maximum atomic E-state index is 13.2. The molecular weight excluding hydrogens is 529 g/mol. The van der Waals surface area contributed by atoms with Crippen molar-refractivity contribution in [2.75, 3.05) is 7.11 Å². The van der Waals surface area contributed by atoms with Crippen LogP contribution in [-0.2, 0) is 11.3 Å². The number of nitro groups is 1. The van der Waals surface area contributed by atoms with Gasteiger partial charge in [-0.25, -0.2) is 9.07 Å². The van der Waals surface area contributed by atoms with Gasteiger partial charge < -0.3 is 9.47 Å². The number of aromatic nitrogens is 3. The van der Waals surface area contributed by atoms with E-state index in [0.29, 0.717) is 34.2 Å². The van der Waals surface area contributed by atoms with Crippen molar-refractivity contribution in [2.45, 2.75) is 6.54 Å². The van der Waals surface area contributed by atoms with Crippen LogP contribution in [0.3, 0.4) is 0 Å². The van der Waals surface area contributed by atoms with Gasteiger partial charge in [0.2, 0.25) is 0 Å². The second kappa shape index (κ2) is 10.8. The highest BCUT2D eigenvalue weighted by atomic mass is 32.2. The van der Waals surface area contributed by atoms with Gasteiger partial charge in [-0.3, -0.25) is 24.6 Å². The Bertz CT molecular complexity index is 1600. The first kappa shape index (κ1) is 25.6. The summed E-state index contributed by atoms with van der Waals surface area (Å²) in [6.07, 6.45) is 3.12. The zero-order valence-electron chi connectivity index (χ0n) is 20.2. The second-order valence-electron chi connectivity index (χ2n) is 8.16. The van der Waals surface area contributed by atoms with Crippen LogP contribution >= 0.6 is 11.8 Å². The number of hydrogen-bond acceptors (Lipinski definition) is 9. The van der Waals surface area contributed by atoms with Crippen molar-refractivity contribution < 1.29 is 28.4 Å². The summed E-state index contributed by atoms with van der Waals surface area (Å²) in [6, 6.07) is 16.2. The zero-order chi connectivity index (χ0) is 27.5. The summed E-state index contributed by atoms with van der Waals surface area (Å²) in [6.45, 7) is -0.0830. The van der Waals surface area contributed by atoms with Crippen LogP contribution in [-0.4, -0.2) is 43.1 Å². The van der Waals surface area contributed by atoms with Gasteiger partial charge >= 0.3 is 0 Å².